The molecule has 5 atom stereocenters. The highest BCUT2D eigenvalue weighted by Crippen LogP contribution is 2.31. The highest BCUT2D eigenvalue weighted by molar-refractivity contribution is 5.85. The Balaban J connectivity index is 2.13. The number of benzene rings is 1. The molecule has 0 saturated carbocycles. The average Bonchev–Trinajstić information content (AvgIpc) is 2.55. The van der Waals surface area contributed by atoms with E-state index >= 15 is 0 Å². The molecule has 1 heterocycles. The molecule has 0 bridgehead atoms. The van der Waals surface area contributed by atoms with E-state index in [9.17, 15) is 25.2 Å². The van der Waals surface area contributed by atoms with Crippen molar-refractivity contribution in [3.05, 3.63) is 29.8 Å². The van der Waals surface area contributed by atoms with Crippen molar-refractivity contribution in [2.24, 2.45) is 0 Å². The van der Waals surface area contributed by atoms with Gasteiger partial charge in [0, 0.05) is 6.08 Å². The lowest BCUT2D eigenvalue weighted by molar-refractivity contribution is -0.277. The number of aliphatic hydroxyl groups is 4. The summed E-state index contributed by atoms with van der Waals surface area (Å²) in [6.45, 7) is -0.601. The summed E-state index contributed by atoms with van der Waals surface area (Å²) >= 11 is 0. The molecule has 1 aliphatic rings. The van der Waals surface area contributed by atoms with Crippen LogP contribution in [0.3, 0.4) is 0 Å². The second-order valence-corrected chi connectivity index (χ2v) is 5.21. The van der Waals surface area contributed by atoms with Gasteiger partial charge in [-0.05, 0) is 23.8 Å². The molecule has 0 radical (unpaired) electrons. The first-order chi connectivity index (χ1) is 11.3. The monoisotopic (exact) mass is 342 g/mol. The number of phenolic OH excluding ortho intramolecular Hbond substituents is 1. The molecule has 2 rings (SSSR count). The van der Waals surface area contributed by atoms with Crippen LogP contribution < -0.4 is 4.74 Å². The van der Waals surface area contributed by atoms with Crippen molar-refractivity contribution in [1.82, 2.24) is 0 Å². The Labute approximate surface area is 136 Å². The first kappa shape index (κ1) is 18.2. The van der Waals surface area contributed by atoms with Gasteiger partial charge in [-0.1, -0.05) is 6.07 Å². The van der Waals surface area contributed by atoms with Crippen molar-refractivity contribution in [1.29, 1.82) is 0 Å². The van der Waals surface area contributed by atoms with Crippen molar-refractivity contribution in [3.8, 4) is 11.5 Å². The number of rotatable bonds is 5. The zero-order valence-electron chi connectivity index (χ0n) is 12.4. The number of phenols is 1. The summed E-state index contributed by atoms with van der Waals surface area (Å²) in [7, 11) is 0. The summed E-state index contributed by atoms with van der Waals surface area (Å²) in [6, 6.07) is 4.01. The average molecular weight is 342 g/mol. The molecule has 0 aliphatic carbocycles. The Bertz CT molecular complexity index is 613. The van der Waals surface area contributed by atoms with Crippen LogP contribution in [0.5, 0.6) is 11.5 Å². The maximum absolute atomic E-state index is 10.5. The van der Waals surface area contributed by atoms with E-state index in [1.54, 1.807) is 0 Å². The van der Waals surface area contributed by atoms with E-state index in [-0.39, 0.29) is 11.5 Å². The maximum atomic E-state index is 10.5. The van der Waals surface area contributed by atoms with Crippen LogP contribution in [-0.2, 0) is 9.53 Å². The molecule has 6 N–H and O–H groups in total. The fourth-order valence-corrected chi connectivity index (χ4v) is 2.20. The van der Waals surface area contributed by atoms with Crippen LogP contribution in [0.2, 0.25) is 0 Å². The van der Waals surface area contributed by atoms with E-state index < -0.39 is 43.3 Å². The van der Waals surface area contributed by atoms with Gasteiger partial charge in [0.25, 0.3) is 0 Å². The summed E-state index contributed by atoms with van der Waals surface area (Å²) in [4.78, 5) is 10.5. The van der Waals surface area contributed by atoms with Gasteiger partial charge in [0.15, 0.2) is 11.5 Å². The molecule has 0 aromatic heterocycles. The minimum absolute atomic E-state index is 0.0909. The third-order valence-electron chi connectivity index (χ3n) is 3.49. The van der Waals surface area contributed by atoms with E-state index in [0.29, 0.717) is 5.56 Å². The molecule has 132 valence electrons. The van der Waals surface area contributed by atoms with Crippen molar-refractivity contribution in [2.75, 3.05) is 6.61 Å². The molecule has 24 heavy (non-hydrogen) atoms. The molecule has 0 spiro atoms. The molecule has 0 unspecified atom stereocenters. The quantitative estimate of drug-likeness (QED) is 0.357. The molecule has 0 amide bonds. The number of aliphatic hydroxyl groups excluding tert-OH is 4. The highest BCUT2D eigenvalue weighted by Gasteiger charge is 2.44. The van der Waals surface area contributed by atoms with Gasteiger partial charge in [0.05, 0.1) is 6.61 Å². The lowest BCUT2D eigenvalue weighted by Gasteiger charge is -2.39. The molecule has 1 aromatic carbocycles. The molecule has 9 nitrogen and oxygen atoms in total. The Hall–Kier alpha value is -2.17. The number of ether oxygens (including phenoxy) is 2. The van der Waals surface area contributed by atoms with E-state index in [0.717, 1.165) is 6.08 Å². The molecule has 1 aromatic rings. The van der Waals surface area contributed by atoms with Gasteiger partial charge >= 0.3 is 5.97 Å². The van der Waals surface area contributed by atoms with Crippen molar-refractivity contribution < 1.29 is 44.9 Å². The number of carbonyl (C=O) groups is 1. The molecule has 1 fully saturated rings. The van der Waals surface area contributed by atoms with Crippen LogP contribution in [0.25, 0.3) is 6.08 Å². The number of carboxylic acids is 1. The van der Waals surface area contributed by atoms with Crippen LogP contribution in [-0.4, -0.2) is 73.9 Å². The Morgan fingerprint density at radius 3 is 2.50 bits per heavy atom. The summed E-state index contributed by atoms with van der Waals surface area (Å²) in [5.41, 5.74) is 0.399. The minimum Gasteiger partial charge on any atom is -0.504 e. The van der Waals surface area contributed by atoms with Crippen LogP contribution >= 0.6 is 0 Å². The number of aromatic hydroxyl groups is 1. The summed E-state index contributed by atoms with van der Waals surface area (Å²) in [5, 5.41) is 56.8. The van der Waals surface area contributed by atoms with Gasteiger partial charge < -0.3 is 40.1 Å². The fraction of sp³-hybridized carbons (Fsp3) is 0.400. The number of aliphatic carboxylic acids is 1. The lowest BCUT2D eigenvalue weighted by atomic mass is 9.99. The first-order valence-corrected chi connectivity index (χ1v) is 7.04. The fourth-order valence-electron chi connectivity index (χ4n) is 2.20. The van der Waals surface area contributed by atoms with Crippen molar-refractivity contribution in [2.45, 2.75) is 30.7 Å². The van der Waals surface area contributed by atoms with E-state index in [2.05, 4.69) is 0 Å². The minimum atomic E-state index is -1.60. The highest BCUT2D eigenvalue weighted by atomic mass is 16.7. The topological polar surface area (TPSA) is 157 Å². The van der Waals surface area contributed by atoms with Crippen LogP contribution in [0.4, 0.5) is 0 Å². The number of carboxylic acid groups (broad SMARTS) is 1. The van der Waals surface area contributed by atoms with Crippen LogP contribution in [0, 0.1) is 0 Å². The van der Waals surface area contributed by atoms with Crippen LogP contribution in [0.1, 0.15) is 5.56 Å². The summed E-state index contributed by atoms with van der Waals surface area (Å²) < 4.78 is 10.4. The zero-order chi connectivity index (χ0) is 17.9. The predicted molar refractivity (Wildman–Crippen MR) is 79.2 cm³/mol. The van der Waals surface area contributed by atoms with E-state index in [1.165, 1.54) is 24.3 Å². The molecular formula is C15H18O9. The van der Waals surface area contributed by atoms with Crippen LogP contribution in [0.15, 0.2) is 24.3 Å². The normalized spacial score (nSPS) is 30.4. The molecule has 9 heteroatoms. The summed E-state index contributed by atoms with van der Waals surface area (Å²) in [6.07, 6.45) is -5.11. The van der Waals surface area contributed by atoms with Gasteiger partial charge in [-0.25, -0.2) is 4.79 Å². The Morgan fingerprint density at radius 1 is 1.21 bits per heavy atom. The smallest absolute Gasteiger partial charge is 0.328 e. The Morgan fingerprint density at radius 2 is 1.92 bits per heavy atom. The number of hydrogen-bond acceptors (Lipinski definition) is 8. The lowest BCUT2D eigenvalue weighted by Crippen LogP contribution is -2.60. The van der Waals surface area contributed by atoms with Gasteiger partial charge in [0.2, 0.25) is 6.29 Å². The van der Waals surface area contributed by atoms with Gasteiger partial charge in [-0.15, -0.1) is 0 Å². The maximum Gasteiger partial charge on any atom is 0.328 e. The standard InChI is InChI=1S/C15H18O9/c16-6-10-12(20)13(21)14(22)15(24-10)23-9-3-1-7(5-8(9)17)2-4-11(18)19/h1-5,10,12-17,20-22H,6H2,(H,18,19)/b4-2+/t10-,12-,13+,14-,15+/m1/s1. The Kier molecular flexibility index (Phi) is 5.75. The van der Waals surface area contributed by atoms with Gasteiger partial charge in [-0.2, -0.15) is 0 Å². The molecular weight excluding hydrogens is 324 g/mol. The summed E-state index contributed by atoms with van der Waals surface area (Å²) in [5.74, 6) is -1.58. The number of hydrogen-bond donors (Lipinski definition) is 6. The molecule has 1 aliphatic heterocycles. The van der Waals surface area contributed by atoms with Crippen molar-refractivity contribution >= 4 is 12.0 Å². The first-order valence-electron chi connectivity index (χ1n) is 7.04. The van der Waals surface area contributed by atoms with Crippen molar-refractivity contribution in [3.63, 3.8) is 0 Å². The van der Waals surface area contributed by atoms with Gasteiger partial charge in [0.1, 0.15) is 24.4 Å². The third kappa shape index (κ3) is 4.02. The third-order valence-corrected chi connectivity index (χ3v) is 3.49. The molecule has 1 saturated heterocycles. The van der Waals surface area contributed by atoms with E-state index in [4.69, 9.17) is 19.7 Å². The SMILES string of the molecule is O=C(O)/C=C/c1ccc(O[C@H]2O[C@H](CO)[C@@H](O)[C@H](O)[C@H]2O)c(O)c1. The largest absolute Gasteiger partial charge is 0.504 e. The predicted octanol–water partition coefficient (Wildman–Crippen LogP) is -1.33. The second-order valence-electron chi connectivity index (χ2n) is 5.21. The van der Waals surface area contributed by atoms with E-state index in [1.807, 2.05) is 0 Å². The second kappa shape index (κ2) is 7.60. The zero-order valence-corrected chi connectivity index (χ0v) is 12.4. The van der Waals surface area contributed by atoms with Gasteiger partial charge in [-0.3, -0.25) is 0 Å².